The number of alkyl halides is 1. The molecule has 0 heterocycles. The van der Waals surface area contributed by atoms with Crippen molar-refractivity contribution in [1.82, 2.24) is 0 Å². The highest BCUT2D eigenvalue weighted by atomic mass is 35.5. The zero-order valence-corrected chi connectivity index (χ0v) is 10.7. The number of hydrogen-bond acceptors (Lipinski definition) is 0. The van der Waals surface area contributed by atoms with Crippen LogP contribution in [0, 0.1) is 12.8 Å². The van der Waals surface area contributed by atoms with Crippen LogP contribution in [0.3, 0.4) is 0 Å². The summed E-state index contributed by atoms with van der Waals surface area (Å²) in [5.74, 6) is 0.699. The molecule has 1 aromatic rings. The minimum Gasteiger partial charge on any atom is -0.123 e. The van der Waals surface area contributed by atoms with E-state index in [-0.39, 0.29) is 0 Å². The normalized spacial score (nSPS) is 13.1. The van der Waals surface area contributed by atoms with Gasteiger partial charge in [0, 0.05) is 5.38 Å². The maximum absolute atomic E-state index is 6.27. The van der Waals surface area contributed by atoms with Crippen molar-refractivity contribution in [3.8, 4) is 0 Å². The number of rotatable bonds is 5. The summed E-state index contributed by atoms with van der Waals surface area (Å²) in [5.41, 5.74) is 2.74. The summed E-state index contributed by atoms with van der Waals surface area (Å²) in [6, 6.07) is 8.69. The lowest BCUT2D eigenvalue weighted by molar-refractivity contribution is 0.544. The molecule has 0 aliphatic carbocycles. The molecule has 0 bridgehead atoms. The predicted molar refractivity (Wildman–Crippen MR) is 68.6 cm³/mol. The van der Waals surface area contributed by atoms with E-state index in [1.807, 2.05) is 0 Å². The van der Waals surface area contributed by atoms with Gasteiger partial charge in [-0.15, -0.1) is 11.6 Å². The molecule has 1 rings (SSSR count). The molecule has 1 aromatic carbocycles. The molecule has 15 heavy (non-hydrogen) atoms. The van der Waals surface area contributed by atoms with Gasteiger partial charge < -0.3 is 0 Å². The number of halogens is 1. The Balaban J connectivity index is 2.36. The Kier molecular flexibility index (Phi) is 5.17. The molecule has 0 aliphatic rings. The standard InChI is InChI=1S/C14H21Cl/c1-11(2)9-14(15)8-7-13-6-4-5-12(3)10-13/h4-6,10-11,14H,7-9H2,1-3H3. The van der Waals surface area contributed by atoms with Crippen LogP contribution < -0.4 is 0 Å². The van der Waals surface area contributed by atoms with Crippen molar-refractivity contribution in [3.63, 3.8) is 0 Å². The molecule has 0 fully saturated rings. The van der Waals surface area contributed by atoms with Crippen LogP contribution in [0.25, 0.3) is 0 Å². The minimum atomic E-state index is 0.325. The summed E-state index contributed by atoms with van der Waals surface area (Å²) in [5, 5.41) is 0.325. The molecule has 0 N–H and O–H groups in total. The van der Waals surface area contributed by atoms with Gasteiger partial charge in [0.15, 0.2) is 0 Å². The molecule has 0 amide bonds. The minimum absolute atomic E-state index is 0.325. The molecule has 0 nitrogen and oxygen atoms in total. The van der Waals surface area contributed by atoms with E-state index in [4.69, 9.17) is 11.6 Å². The highest BCUT2D eigenvalue weighted by molar-refractivity contribution is 6.20. The molecule has 0 spiro atoms. The summed E-state index contributed by atoms with van der Waals surface area (Å²) < 4.78 is 0. The first kappa shape index (κ1) is 12.6. The van der Waals surface area contributed by atoms with E-state index in [1.165, 1.54) is 11.1 Å². The molecule has 0 saturated heterocycles. The first-order valence-corrected chi connectivity index (χ1v) is 6.21. The van der Waals surface area contributed by atoms with Gasteiger partial charge in [0.25, 0.3) is 0 Å². The van der Waals surface area contributed by atoms with E-state index in [0.717, 1.165) is 19.3 Å². The Bertz CT molecular complexity index is 291. The zero-order chi connectivity index (χ0) is 11.3. The number of aryl methyl sites for hydroxylation is 2. The monoisotopic (exact) mass is 224 g/mol. The molecule has 0 radical (unpaired) electrons. The summed E-state index contributed by atoms with van der Waals surface area (Å²) in [6.45, 7) is 6.58. The van der Waals surface area contributed by atoms with Crippen molar-refractivity contribution in [2.45, 2.75) is 45.4 Å². The fourth-order valence-corrected chi connectivity index (χ4v) is 2.29. The van der Waals surface area contributed by atoms with Gasteiger partial charge in [0.2, 0.25) is 0 Å². The third kappa shape index (κ3) is 5.22. The molecule has 1 atom stereocenters. The van der Waals surface area contributed by atoms with Crippen molar-refractivity contribution in [2.24, 2.45) is 5.92 Å². The van der Waals surface area contributed by atoms with Gasteiger partial charge in [-0.2, -0.15) is 0 Å². The highest BCUT2D eigenvalue weighted by Gasteiger charge is 2.07. The third-order valence-corrected chi connectivity index (χ3v) is 2.95. The fraction of sp³-hybridized carbons (Fsp3) is 0.571. The first-order chi connectivity index (χ1) is 7.08. The van der Waals surface area contributed by atoms with Gasteiger partial charge in [0.1, 0.15) is 0 Å². The van der Waals surface area contributed by atoms with Crippen LogP contribution in [0.4, 0.5) is 0 Å². The van der Waals surface area contributed by atoms with Crippen molar-refractivity contribution in [3.05, 3.63) is 35.4 Å². The zero-order valence-electron chi connectivity index (χ0n) is 9.96. The van der Waals surface area contributed by atoms with Crippen LogP contribution in [0.2, 0.25) is 0 Å². The molecule has 0 saturated carbocycles. The average molecular weight is 225 g/mol. The maximum Gasteiger partial charge on any atom is 0.0341 e. The van der Waals surface area contributed by atoms with E-state index in [2.05, 4.69) is 45.0 Å². The Labute approximate surface area is 98.7 Å². The van der Waals surface area contributed by atoms with Gasteiger partial charge in [-0.05, 0) is 37.7 Å². The summed E-state index contributed by atoms with van der Waals surface area (Å²) >= 11 is 6.27. The summed E-state index contributed by atoms with van der Waals surface area (Å²) in [6.07, 6.45) is 3.30. The maximum atomic E-state index is 6.27. The highest BCUT2D eigenvalue weighted by Crippen LogP contribution is 2.17. The van der Waals surface area contributed by atoms with Gasteiger partial charge in [0.05, 0.1) is 0 Å². The van der Waals surface area contributed by atoms with Crippen LogP contribution in [0.5, 0.6) is 0 Å². The van der Waals surface area contributed by atoms with Gasteiger partial charge in [-0.3, -0.25) is 0 Å². The van der Waals surface area contributed by atoms with Crippen LogP contribution in [0.1, 0.15) is 37.8 Å². The molecule has 1 unspecified atom stereocenters. The topological polar surface area (TPSA) is 0 Å². The molecule has 84 valence electrons. The quantitative estimate of drug-likeness (QED) is 0.643. The van der Waals surface area contributed by atoms with Gasteiger partial charge in [-0.25, -0.2) is 0 Å². The molecule has 1 heteroatoms. The molecular weight excluding hydrogens is 204 g/mol. The summed E-state index contributed by atoms with van der Waals surface area (Å²) in [7, 11) is 0. The van der Waals surface area contributed by atoms with Gasteiger partial charge in [-0.1, -0.05) is 43.7 Å². The smallest absolute Gasteiger partial charge is 0.0341 e. The Morgan fingerprint density at radius 1 is 1.27 bits per heavy atom. The predicted octanol–water partition coefficient (Wildman–Crippen LogP) is 4.58. The molecule has 0 aromatic heterocycles. The second-order valence-corrected chi connectivity index (χ2v) is 5.37. The van der Waals surface area contributed by atoms with Crippen LogP contribution in [0.15, 0.2) is 24.3 Å². The van der Waals surface area contributed by atoms with E-state index < -0.39 is 0 Å². The second kappa shape index (κ2) is 6.17. The van der Waals surface area contributed by atoms with Crippen molar-refractivity contribution < 1.29 is 0 Å². The second-order valence-electron chi connectivity index (χ2n) is 4.75. The van der Waals surface area contributed by atoms with Crippen molar-refractivity contribution in [2.75, 3.05) is 0 Å². The van der Waals surface area contributed by atoms with Crippen LogP contribution in [-0.2, 0) is 6.42 Å². The largest absolute Gasteiger partial charge is 0.123 e. The Hall–Kier alpha value is -0.490. The lowest BCUT2D eigenvalue weighted by Crippen LogP contribution is -2.04. The van der Waals surface area contributed by atoms with E-state index in [1.54, 1.807) is 0 Å². The third-order valence-electron chi connectivity index (χ3n) is 2.56. The fourth-order valence-electron chi connectivity index (χ4n) is 1.82. The van der Waals surface area contributed by atoms with E-state index in [0.29, 0.717) is 11.3 Å². The van der Waals surface area contributed by atoms with Crippen LogP contribution >= 0.6 is 11.6 Å². The first-order valence-electron chi connectivity index (χ1n) is 5.77. The van der Waals surface area contributed by atoms with Crippen LogP contribution in [-0.4, -0.2) is 5.38 Å². The SMILES string of the molecule is Cc1cccc(CCC(Cl)CC(C)C)c1. The molecular formula is C14H21Cl. The van der Waals surface area contributed by atoms with E-state index in [9.17, 15) is 0 Å². The number of hydrogen-bond donors (Lipinski definition) is 0. The average Bonchev–Trinajstić information content (AvgIpc) is 2.14. The molecule has 0 aliphatic heterocycles. The Morgan fingerprint density at radius 2 is 2.00 bits per heavy atom. The number of benzene rings is 1. The lowest BCUT2D eigenvalue weighted by Gasteiger charge is -2.11. The Morgan fingerprint density at radius 3 is 2.60 bits per heavy atom. The van der Waals surface area contributed by atoms with Gasteiger partial charge >= 0.3 is 0 Å². The summed E-state index contributed by atoms with van der Waals surface area (Å²) in [4.78, 5) is 0. The lowest BCUT2D eigenvalue weighted by atomic mass is 10.0. The van der Waals surface area contributed by atoms with Crippen molar-refractivity contribution in [1.29, 1.82) is 0 Å². The van der Waals surface area contributed by atoms with E-state index >= 15 is 0 Å². The van der Waals surface area contributed by atoms with Crippen molar-refractivity contribution >= 4 is 11.6 Å².